The van der Waals surface area contributed by atoms with Crippen LogP contribution >= 0.6 is 0 Å². The number of aromatic carboxylic acids is 1. The van der Waals surface area contributed by atoms with Gasteiger partial charge in [0, 0.05) is 7.05 Å². The summed E-state index contributed by atoms with van der Waals surface area (Å²) >= 11 is -2.32. The highest BCUT2D eigenvalue weighted by Gasteiger charge is 2.16. The lowest BCUT2D eigenvalue weighted by atomic mass is 10.1. The maximum atomic E-state index is 11.4. The minimum absolute atomic E-state index is 0.00954. The van der Waals surface area contributed by atoms with Crippen LogP contribution < -0.4 is 4.31 Å². The summed E-state index contributed by atoms with van der Waals surface area (Å²) in [6, 6.07) is 3.58. The van der Waals surface area contributed by atoms with E-state index in [4.69, 9.17) is 9.66 Å². The van der Waals surface area contributed by atoms with Gasteiger partial charge < -0.3 is 9.84 Å². The van der Waals surface area contributed by atoms with E-state index >= 15 is 0 Å². The van der Waals surface area contributed by atoms with E-state index < -0.39 is 23.2 Å². The van der Waals surface area contributed by atoms with Crippen molar-refractivity contribution in [2.45, 2.75) is 0 Å². The predicted molar refractivity (Wildman–Crippen MR) is 63.9 cm³/mol. The first-order chi connectivity index (χ1) is 8.36. The zero-order valence-electron chi connectivity index (χ0n) is 9.61. The van der Waals surface area contributed by atoms with Gasteiger partial charge in [-0.2, -0.15) is 0 Å². The molecule has 7 nitrogen and oxygen atoms in total. The normalized spacial score (nSPS) is 11.7. The van der Waals surface area contributed by atoms with Gasteiger partial charge in [0.2, 0.25) is 0 Å². The maximum Gasteiger partial charge on any atom is 0.337 e. The number of methoxy groups -OCH3 is 1. The Balaban J connectivity index is 3.35. The lowest BCUT2D eigenvalue weighted by Crippen LogP contribution is -2.20. The molecule has 0 spiro atoms. The topological polar surface area (TPSA) is 104 Å². The minimum Gasteiger partial charge on any atom is -0.478 e. The molecule has 0 saturated carbocycles. The molecule has 0 fully saturated rings. The third kappa shape index (κ3) is 3.05. The van der Waals surface area contributed by atoms with Gasteiger partial charge in [-0.1, -0.05) is 0 Å². The third-order valence-corrected chi connectivity index (χ3v) is 2.86. The highest BCUT2D eigenvalue weighted by molar-refractivity contribution is 7.80. The van der Waals surface area contributed by atoms with Crippen molar-refractivity contribution in [3.63, 3.8) is 0 Å². The van der Waals surface area contributed by atoms with Crippen LogP contribution in [-0.4, -0.2) is 40.0 Å². The van der Waals surface area contributed by atoms with Crippen molar-refractivity contribution in [3.8, 4) is 0 Å². The van der Waals surface area contributed by atoms with Gasteiger partial charge in [0.25, 0.3) is 11.3 Å². The Kier molecular flexibility index (Phi) is 4.40. The summed E-state index contributed by atoms with van der Waals surface area (Å²) < 4.78 is 25.2. The smallest absolute Gasteiger partial charge is 0.337 e. The lowest BCUT2D eigenvalue weighted by Gasteiger charge is -2.15. The van der Waals surface area contributed by atoms with Crippen LogP contribution in [0.5, 0.6) is 0 Å². The third-order valence-electron chi connectivity index (χ3n) is 2.18. The van der Waals surface area contributed by atoms with Crippen molar-refractivity contribution in [1.29, 1.82) is 0 Å². The summed E-state index contributed by atoms with van der Waals surface area (Å²) in [5, 5.41) is 8.90. The maximum absolute atomic E-state index is 11.4. The van der Waals surface area contributed by atoms with Crippen LogP contribution in [0.4, 0.5) is 5.69 Å². The Labute approximate surface area is 105 Å². The van der Waals surface area contributed by atoms with E-state index in [0.29, 0.717) is 0 Å². The van der Waals surface area contributed by atoms with E-state index in [-0.39, 0.29) is 16.8 Å². The lowest BCUT2D eigenvalue weighted by molar-refractivity contribution is 0.0600. The molecular formula is C10H11NO6S. The number of carboxylic acid groups (broad SMARTS) is 1. The highest BCUT2D eigenvalue weighted by Crippen LogP contribution is 2.20. The molecule has 1 unspecified atom stereocenters. The molecule has 0 bridgehead atoms. The van der Waals surface area contributed by atoms with Gasteiger partial charge in [0.05, 0.1) is 23.9 Å². The van der Waals surface area contributed by atoms with Gasteiger partial charge in [-0.25, -0.2) is 13.8 Å². The Morgan fingerprint density at radius 1 is 1.28 bits per heavy atom. The van der Waals surface area contributed by atoms with Crippen molar-refractivity contribution in [3.05, 3.63) is 29.3 Å². The molecule has 0 aliphatic heterocycles. The van der Waals surface area contributed by atoms with Crippen LogP contribution in [0.3, 0.4) is 0 Å². The van der Waals surface area contributed by atoms with E-state index in [1.165, 1.54) is 19.2 Å². The first-order valence-corrected chi connectivity index (χ1v) is 5.74. The number of hydrogen-bond acceptors (Lipinski definition) is 4. The number of carbonyl (C=O) groups is 2. The second-order valence-corrected chi connectivity index (χ2v) is 4.30. The molecule has 0 aliphatic carbocycles. The highest BCUT2D eigenvalue weighted by atomic mass is 32.2. The van der Waals surface area contributed by atoms with E-state index in [1.807, 2.05) is 0 Å². The second-order valence-electron chi connectivity index (χ2n) is 3.29. The molecule has 1 aromatic carbocycles. The second kappa shape index (κ2) is 5.61. The number of nitrogens with zero attached hydrogens (tertiary/aromatic N) is 1. The molecule has 0 heterocycles. The van der Waals surface area contributed by atoms with Crippen molar-refractivity contribution < 1.29 is 28.2 Å². The molecule has 1 rings (SSSR count). The molecule has 0 aromatic heterocycles. The van der Waals surface area contributed by atoms with E-state index in [0.717, 1.165) is 17.5 Å². The summed E-state index contributed by atoms with van der Waals surface area (Å²) in [5.41, 5.74) is -0.0639. The van der Waals surface area contributed by atoms with Crippen molar-refractivity contribution in [2.75, 3.05) is 18.5 Å². The zero-order chi connectivity index (χ0) is 13.9. The van der Waals surface area contributed by atoms with Gasteiger partial charge in [-0.3, -0.25) is 8.86 Å². The number of ether oxygens (including phenoxy) is 1. The Morgan fingerprint density at radius 3 is 2.28 bits per heavy atom. The fourth-order valence-electron chi connectivity index (χ4n) is 1.24. The molecule has 0 radical (unpaired) electrons. The Morgan fingerprint density at radius 2 is 1.83 bits per heavy atom. The fraction of sp³-hybridized carbons (Fsp3) is 0.200. The van der Waals surface area contributed by atoms with Gasteiger partial charge >= 0.3 is 11.9 Å². The summed E-state index contributed by atoms with van der Waals surface area (Å²) in [6.45, 7) is 0. The molecule has 18 heavy (non-hydrogen) atoms. The number of benzene rings is 1. The number of esters is 1. The van der Waals surface area contributed by atoms with Crippen LogP contribution in [0.15, 0.2) is 18.2 Å². The number of anilines is 1. The molecule has 0 saturated heterocycles. The quantitative estimate of drug-likeness (QED) is 0.619. The van der Waals surface area contributed by atoms with Gasteiger partial charge in [0.15, 0.2) is 0 Å². The van der Waals surface area contributed by atoms with Crippen LogP contribution in [0.25, 0.3) is 0 Å². The standard InChI is InChI=1S/C10H11NO6S/c1-11(18(15)16)8-4-6(9(12)13)3-7(5-8)10(14)17-2/h3-5H,1-2H3,(H,12,13)(H,15,16). The van der Waals surface area contributed by atoms with Crippen molar-refractivity contribution in [2.24, 2.45) is 0 Å². The minimum atomic E-state index is -2.32. The average molecular weight is 273 g/mol. The fourth-order valence-corrected chi connectivity index (χ4v) is 1.53. The van der Waals surface area contributed by atoms with Gasteiger partial charge in [0.1, 0.15) is 0 Å². The van der Waals surface area contributed by atoms with Crippen LogP contribution in [0.1, 0.15) is 20.7 Å². The molecule has 0 amide bonds. The van der Waals surface area contributed by atoms with Crippen LogP contribution in [0.2, 0.25) is 0 Å². The van der Waals surface area contributed by atoms with Crippen molar-refractivity contribution in [1.82, 2.24) is 0 Å². The van der Waals surface area contributed by atoms with Crippen LogP contribution in [0, 0.1) is 0 Å². The SMILES string of the molecule is COC(=O)c1cc(C(=O)O)cc(N(C)S(=O)O)c1. The molecule has 98 valence electrons. The molecule has 1 atom stereocenters. The largest absolute Gasteiger partial charge is 0.478 e. The number of carboxylic acids is 1. The van der Waals surface area contributed by atoms with Crippen LogP contribution in [-0.2, 0) is 16.0 Å². The first-order valence-electron chi connectivity index (χ1n) is 4.68. The van der Waals surface area contributed by atoms with Crippen molar-refractivity contribution >= 4 is 28.9 Å². The number of carbonyl (C=O) groups excluding carboxylic acids is 1. The zero-order valence-corrected chi connectivity index (χ0v) is 10.4. The van der Waals surface area contributed by atoms with E-state index in [9.17, 15) is 13.8 Å². The Bertz CT molecular complexity index is 515. The predicted octanol–water partition coefficient (Wildman–Crippen LogP) is 0.744. The molecule has 2 N–H and O–H groups in total. The monoisotopic (exact) mass is 273 g/mol. The molecular weight excluding hydrogens is 262 g/mol. The van der Waals surface area contributed by atoms with E-state index in [2.05, 4.69) is 4.74 Å². The summed E-state index contributed by atoms with van der Waals surface area (Å²) in [7, 11) is 2.45. The Hall–Kier alpha value is -1.93. The number of rotatable bonds is 4. The molecule has 1 aromatic rings. The number of hydrogen-bond donors (Lipinski definition) is 2. The first kappa shape index (κ1) is 14.1. The summed E-state index contributed by atoms with van der Waals surface area (Å²) in [6.07, 6.45) is 0. The summed E-state index contributed by atoms with van der Waals surface area (Å²) in [5.74, 6) is -1.98. The average Bonchev–Trinajstić information content (AvgIpc) is 2.35. The van der Waals surface area contributed by atoms with Gasteiger partial charge in [-0.15, -0.1) is 0 Å². The van der Waals surface area contributed by atoms with Gasteiger partial charge in [-0.05, 0) is 18.2 Å². The molecule has 0 aliphatic rings. The van der Waals surface area contributed by atoms with E-state index in [1.54, 1.807) is 0 Å². The summed E-state index contributed by atoms with van der Waals surface area (Å²) in [4.78, 5) is 22.3. The molecule has 8 heteroatoms.